The van der Waals surface area contributed by atoms with Gasteiger partial charge in [-0.1, -0.05) is 102 Å². The first kappa shape index (κ1) is 119. The number of esters is 7. The summed E-state index contributed by atoms with van der Waals surface area (Å²) in [6.45, 7) is 42.0. The lowest BCUT2D eigenvalue weighted by atomic mass is 10.1. The zero-order valence-electron chi connectivity index (χ0n) is 68.5. The fourth-order valence-corrected chi connectivity index (χ4v) is 11.7. The number of hydrogen-bond donors (Lipinski definition) is 4. The summed E-state index contributed by atoms with van der Waals surface area (Å²) < 4.78 is 49.2. The van der Waals surface area contributed by atoms with Gasteiger partial charge in [-0.15, -0.1) is 0 Å². The van der Waals surface area contributed by atoms with Crippen molar-refractivity contribution in [2.24, 2.45) is 23.7 Å². The normalized spacial score (nSPS) is 14.4. The van der Waals surface area contributed by atoms with E-state index in [-0.39, 0.29) is 167 Å². The molecule has 4 N–H and O–H groups in total. The van der Waals surface area contributed by atoms with Gasteiger partial charge in [-0.2, -0.15) is 0 Å². The minimum absolute atomic E-state index is 0. The van der Waals surface area contributed by atoms with Crippen molar-refractivity contribution in [2.45, 2.75) is 200 Å². The maximum Gasteiger partial charge on any atom is 0.407 e. The molecule has 0 saturated carbocycles. The molecule has 0 aromatic heterocycles. The van der Waals surface area contributed by atoms with Crippen molar-refractivity contribution in [2.75, 3.05) is 158 Å². The number of carbonyl (C=O) groups excluding carboxylic acids is 14. The molecule has 4 fully saturated rings. The molecule has 116 heavy (non-hydrogen) atoms. The molecule has 6 unspecified atom stereocenters. The van der Waals surface area contributed by atoms with Crippen LogP contribution in [0.25, 0.3) is 0 Å². The van der Waals surface area contributed by atoms with Crippen LogP contribution in [0, 0.1) is 23.7 Å². The Hall–Kier alpha value is -7.48. The Bertz CT molecular complexity index is 2930. The first-order valence-corrected chi connectivity index (χ1v) is 40.6. The molecule has 4 saturated heterocycles. The van der Waals surface area contributed by atoms with Crippen LogP contribution >= 0.6 is 47.3 Å². The van der Waals surface area contributed by atoms with Crippen LogP contribution < -0.4 is 5.32 Å². The van der Waals surface area contributed by atoms with Gasteiger partial charge >= 0.3 is 53.2 Å². The van der Waals surface area contributed by atoms with Crippen LogP contribution in [0.3, 0.4) is 0 Å². The van der Waals surface area contributed by atoms with Gasteiger partial charge < -0.3 is 92.5 Å². The summed E-state index contributed by atoms with van der Waals surface area (Å²) in [5.74, 6) is -3.78. The van der Waals surface area contributed by atoms with Gasteiger partial charge in [0.15, 0.2) is 0 Å². The minimum atomic E-state index is -0.696. The fourth-order valence-electron chi connectivity index (χ4n) is 9.39. The summed E-state index contributed by atoms with van der Waals surface area (Å²) in [6, 6.07) is 0. The number of rotatable bonds is 42. The number of aliphatic hydroxyl groups is 3. The number of hydrogen-bond acceptors (Lipinski definition) is 31. The Morgan fingerprint density at radius 3 is 1.12 bits per heavy atom. The van der Waals surface area contributed by atoms with E-state index in [1.54, 1.807) is 75.0 Å². The minimum Gasteiger partial charge on any atom is -0.479 e. The summed E-state index contributed by atoms with van der Waals surface area (Å²) in [4.78, 5) is 169. The molecule has 0 aromatic carbocycles. The highest BCUT2D eigenvalue weighted by atomic mass is 35.5. The quantitative estimate of drug-likeness (QED) is 0.0110. The summed E-state index contributed by atoms with van der Waals surface area (Å²) >= 11 is 11.8. The molecule has 4 heterocycles. The number of alkyl carbamates (subject to hydrolysis) is 1. The Morgan fingerprint density at radius 2 is 0.802 bits per heavy atom. The number of likely N-dealkylation sites (tertiary alicyclic amines) is 4. The average molecular weight is 1740 g/mol. The van der Waals surface area contributed by atoms with Gasteiger partial charge in [0.2, 0.25) is 33.3 Å². The van der Waals surface area contributed by atoms with E-state index in [1.807, 2.05) is 6.92 Å². The van der Waals surface area contributed by atoms with Crippen molar-refractivity contribution in [3.05, 3.63) is 36.5 Å². The molecule has 37 heteroatoms. The van der Waals surface area contributed by atoms with Crippen molar-refractivity contribution in [3.8, 4) is 0 Å². The standard InChI is InChI=1S/C18H28N2O7.C15H23NO5.C14H23NO6S.C11H19NO4.C8H14O4S2.C6H15N.C4H5ClO.3CH4/c1-13(2)16(22)25-10-7-19-18(24)27-12-11-26-17(23)14(3)6-9-20-8-4-5-15(20)21;1-11(2)14(18)20-9-10-21-15(19)12(3)6-8-16-7-4-5-13(16)17;1-3-20-14(19)22-12(15-6-4-5-11(15)17)9-10(2)13(18)21-8-7-16;1-9(11(15)16-8-7-13)4-6-12-5-2-3-10(12)14;1-3-11-8(13)14-6(2)7(10)12-5-4-9;1-4-7(5-2)6-3;1-3(2)4(5)6;;;/h14H,1,4-12H2,2-3H3,(H,19,24);12H,1,4-10H2,2-3H3;10,12,16H,3-9H2,1-2H3;9,13H,2-8H2,1H3;6,9H,3-5H2,1-2H3;4-6H2,1-3H3;1H2,2H3;3*1H4. The van der Waals surface area contributed by atoms with E-state index in [4.69, 9.17) is 86.5 Å². The van der Waals surface area contributed by atoms with Crippen LogP contribution in [0.4, 0.5) is 9.59 Å². The van der Waals surface area contributed by atoms with Crippen molar-refractivity contribution >= 4 is 134 Å². The monoisotopic (exact) mass is 1730 g/mol. The number of thioether (sulfide) groups is 2. The van der Waals surface area contributed by atoms with Crippen LogP contribution in [0.5, 0.6) is 0 Å². The van der Waals surface area contributed by atoms with E-state index in [1.165, 1.54) is 26.6 Å². The van der Waals surface area contributed by atoms with E-state index in [2.05, 4.69) is 50.7 Å². The number of allylic oxidation sites excluding steroid dienone is 1. The number of carbonyl (C=O) groups is 14. The first-order chi connectivity index (χ1) is 53.5. The molecule has 5 amide bonds. The second kappa shape index (κ2) is 73.9. The zero-order valence-corrected chi connectivity index (χ0v) is 71.7. The number of amides is 5. The van der Waals surface area contributed by atoms with Crippen LogP contribution in [0.2, 0.25) is 0 Å². The maximum absolute atomic E-state index is 11.9. The zero-order chi connectivity index (χ0) is 86.4. The third-order valence-electron chi connectivity index (χ3n) is 16.1. The largest absolute Gasteiger partial charge is 0.479 e. The molecule has 0 aromatic rings. The molecular weight excluding hydrogens is 1600 g/mol. The molecule has 33 nitrogen and oxygen atoms in total. The predicted molar refractivity (Wildman–Crippen MR) is 449 cm³/mol. The predicted octanol–water partition coefficient (Wildman–Crippen LogP) is 9.43. The lowest BCUT2D eigenvalue weighted by molar-refractivity contribution is -0.153. The molecule has 6 atom stereocenters. The molecular formula is C79H139ClN6O27S3. The molecule has 0 radical (unpaired) electrons. The Labute approximate surface area is 707 Å². The summed E-state index contributed by atoms with van der Waals surface area (Å²) in [5, 5.41) is 26.2. The number of nitrogens with one attached hydrogen (secondary N) is 1. The van der Waals surface area contributed by atoms with E-state index >= 15 is 0 Å². The summed E-state index contributed by atoms with van der Waals surface area (Å²) in [5.41, 5.74) is 0.974. The van der Waals surface area contributed by atoms with Gasteiger partial charge in [-0.25, -0.2) is 19.2 Å². The van der Waals surface area contributed by atoms with Gasteiger partial charge in [0, 0.05) is 88.2 Å². The highest BCUT2D eigenvalue weighted by Gasteiger charge is 2.34. The number of nitrogens with zero attached hydrogens (tertiary/aromatic N) is 5. The number of halogens is 1. The Morgan fingerprint density at radius 1 is 0.466 bits per heavy atom. The second-order valence-electron chi connectivity index (χ2n) is 25.6. The van der Waals surface area contributed by atoms with Crippen LogP contribution in [0.15, 0.2) is 36.5 Å². The average Bonchev–Trinajstić information content (AvgIpc) is 1.69. The lowest BCUT2D eigenvalue weighted by Crippen LogP contribution is -2.37. The molecule has 4 aliphatic heterocycles. The van der Waals surface area contributed by atoms with Gasteiger partial charge in [0.1, 0.15) is 58.1 Å². The van der Waals surface area contributed by atoms with Crippen LogP contribution in [0.1, 0.15) is 189 Å². The van der Waals surface area contributed by atoms with Crippen molar-refractivity contribution in [1.29, 1.82) is 0 Å². The van der Waals surface area contributed by atoms with Crippen LogP contribution in [-0.4, -0.2) is 295 Å². The van der Waals surface area contributed by atoms with Crippen molar-refractivity contribution in [1.82, 2.24) is 29.8 Å². The second-order valence-corrected chi connectivity index (χ2v) is 29.0. The van der Waals surface area contributed by atoms with Gasteiger partial charge in [-0.05, 0) is 148 Å². The summed E-state index contributed by atoms with van der Waals surface area (Å²) in [6.07, 6.45) is 7.05. The molecule has 0 bridgehead atoms. The summed E-state index contributed by atoms with van der Waals surface area (Å²) in [7, 11) is 0. The van der Waals surface area contributed by atoms with E-state index < -0.39 is 63.0 Å². The van der Waals surface area contributed by atoms with E-state index in [0.29, 0.717) is 99.7 Å². The number of aliphatic hydroxyl groups excluding tert-OH is 3. The van der Waals surface area contributed by atoms with Crippen molar-refractivity contribution < 1.29 is 130 Å². The van der Waals surface area contributed by atoms with Crippen LogP contribution in [-0.2, 0) is 105 Å². The molecule has 4 rings (SSSR count). The third kappa shape index (κ3) is 60.1. The maximum atomic E-state index is 11.9. The topological polar surface area (TPSA) is 420 Å². The highest BCUT2D eigenvalue weighted by molar-refractivity contribution is 8.23. The van der Waals surface area contributed by atoms with E-state index in [0.717, 1.165) is 68.8 Å². The SMILES string of the molecule is C.C.C.C=C(C)C(=O)Cl.C=C(C)C(=O)OCCNC(=O)OCCOC(=O)C(C)CCN1CCCC1=O.C=C(C)C(=O)OCCOC(=O)C(C)CCN1CCCC1=O.CC(CCN1CCCC1=O)C(=O)OCCO.CCN(CC)CC.CCOC(=O)SC(CC(C)C(=O)OCCO)N1CCCC1=O.CCOC(=S)SC(C)C(=O)OCCO. The first-order valence-electron chi connectivity index (χ1n) is 38.1. The lowest BCUT2D eigenvalue weighted by Gasteiger charge is -2.28. The smallest absolute Gasteiger partial charge is 0.407 e. The number of ether oxygens (including phenoxy) is 10. The Balaban J connectivity index is -0.000000315. The van der Waals surface area contributed by atoms with Crippen molar-refractivity contribution in [3.63, 3.8) is 0 Å². The number of thiocarbonyl (C=S) groups is 1. The molecule has 0 aliphatic carbocycles. The van der Waals surface area contributed by atoms with Gasteiger partial charge in [0.25, 0.3) is 0 Å². The molecule has 672 valence electrons. The molecule has 4 aliphatic rings. The van der Waals surface area contributed by atoms with Gasteiger partial charge in [0.05, 0.1) is 68.6 Å². The van der Waals surface area contributed by atoms with Gasteiger partial charge in [-0.3, -0.25) is 47.9 Å². The highest BCUT2D eigenvalue weighted by Crippen LogP contribution is 2.29. The third-order valence-corrected chi connectivity index (χ3v) is 18.7. The Kier molecular flexibility index (Phi) is 76.0. The molecule has 0 spiro atoms. The van der Waals surface area contributed by atoms with E-state index in [9.17, 15) is 67.1 Å². The fraction of sp³-hybridized carbons (Fsp3) is 0.734.